The van der Waals surface area contributed by atoms with Gasteiger partial charge in [-0.15, -0.1) is 0 Å². The fourth-order valence-electron chi connectivity index (χ4n) is 4.22. The Morgan fingerprint density at radius 3 is 2.56 bits per heavy atom. The highest BCUT2D eigenvalue weighted by atomic mass is 16.5. The Morgan fingerprint density at radius 2 is 1.94 bits per heavy atom. The Hall–Kier alpha value is -4.45. The van der Waals surface area contributed by atoms with Crippen LogP contribution in [0.5, 0.6) is 23.0 Å². The zero-order valence-electron chi connectivity index (χ0n) is 19.3. The first-order valence-corrected chi connectivity index (χ1v) is 10.4. The molecule has 1 aliphatic heterocycles. The lowest BCUT2D eigenvalue weighted by Gasteiger charge is -2.29. The lowest BCUT2D eigenvalue weighted by atomic mass is 9.83. The molecule has 0 amide bonds. The quantitative estimate of drug-likeness (QED) is 0.596. The van der Waals surface area contributed by atoms with Gasteiger partial charge in [-0.05, 0) is 24.6 Å². The van der Waals surface area contributed by atoms with Crippen molar-refractivity contribution in [2.45, 2.75) is 19.4 Å². The Labute approximate surface area is 196 Å². The maximum Gasteiger partial charge on any atom is 0.259 e. The second-order valence-electron chi connectivity index (χ2n) is 7.66. The molecule has 1 atom stereocenters. The lowest BCUT2D eigenvalue weighted by Crippen LogP contribution is -2.33. The summed E-state index contributed by atoms with van der Waals surface area (Å²) in [7, 11) is 4.48. The van der Waals surface area contributed by atoms with E-state index in [0.717, 1.165) is 5.56 Å². The second kappa shape index (κ2) is 9.19. The Morgan fingerprint density at radius 1 is 1.18 bits per heavy atom. The molecule has 1 aromatic carbocycles. The molecule has 4 rings (SSSR count). The molecule has 34 heavy (non-hydrogen) atoms. The van der Waals surface area contributed by atoms with Crippen molar-refractivity contribution >= 4 is 0 Å². The Balaban J connectivity index is 2.00. The normalized spacial score (nSPS) is 14.6. The molecule has 0 unspecified atom stereocenters. The van der Waals surface area contributed by atoms with Gasteiger partial charge in [-0.25, -0.2) is 0 Å². The maximum atomic E-state index is 13.9. The van der Waals surface area contributed by atoms with E-state index in [1.54, 1.807) is 35.2 Å². The molecule has 0 radical (unpaired) electrons. The van der Waals surface area contributed by atoms with Crippen LogP contribution in [0.15, 0.2) is 59.0 Å². The molecular weight excluding hydrogens is 436 g/mol. The Kier molecular flexibility index (Phi) is 6.15. The molecule has 2 N–H and O–H groups in total. The highest BCUT2D eigenvalue weighted by Crippen LogP contribution is 2.48. The molecule has 0 aliphatic carbocycles. The molecule has 1 aliphatic rings. The fraction of sp³-hybridized carbons (Fsp3) is 0.240. The van der Waals surface area contributed by atoms with E-state index in [2.05, 4.69) is 11.1 Å². The molecule has 0 fully saturated rings. The van der Waals surface area contributed by atoms with Gasteiger partial charge in [0.15, 0.2) is 11.5 Å². The van der Waals surface area contributed by atoms with Gasteiger partial charge in [-0.3, -0.25) is 9.78 Å². The highest BCUT2D eigenvalue weighted by molar-refractivity contribution is 5.64. The number of fused-ring (bicyclic) bond motifs is 1. The van der Waals surface area contributed by atoms with Gasteiger partial charge in [0, 0.05) is 29.7 Å². The van der Waals surface area contributed by atoms with E-state index in [1.807, 2.05) is 19.1 Å². The van der Waals surface area contributed by atoms with Crippen molar-refractivity contribution in [3.63, 3.8) is 0 Å². The summed E-state index contributed by atoms with van der Waals surface area (Å²) in [4.78, 5) is 18.0. The summed E-state index contributed by atoms with van der Waals surface area (Å²) in [6, 6.07) is 11.0. The molecule has 174 valence electrons. The number of nitriles is 1. The molecule has 9 heteroatoms. The zero-order valence-corrected chi connectivity index (χ0v) is 19.3. The molecule has 3 aromatic rings. The average Bonchev–Trinajstić information content (AvgIpc) is 2.85. The van der Waals surface area contributed by atoms with E-state index in [1.165, 1.54) is 21.3 Å². The number of benzene rings is 1. The third-order valence-electron chi connectivity index (χ3n) is 5.80. The van der Waals surface area contributed by atoms with Gasteiger partial charge in [-0.1, -0.05) is 12.1 Å². The second-order valence-corrected chi connectivity index (χ2v) is 7.66. The standard InChI is InChI=1S/C25H24N4O5/c1-14-10-19-21(25(30)29(14)13-15-6-5-9-28-12-15)20(17(11-26)24(27)34-19)16-7-8-18(31-2)23(33-4)22(16)32-3/h5-10,12,20H,13,27H2,1-4H3/t20-/m0/s1. The van der Waals surface area contributed by atoms with Crippen LogP contribution < -0.4 is 30.2 Å². The molecule has 0 saturated carbocycles. The minimum absolute atomic E-state index is 0.0688. The maximum absolute atomic E-state index is 13.9. The van der Waals surface area contributed by atoms with Crippen molar-refractivity contribution in [1.29, 1.82) is 5.26 Å². The number of pyridine rings is 2. The van der Waals surface area contributed by atoms with Crippen LogP contribution in [0.3, 0.4) is 0 Å². The molecule has 0 spiro atoms. The van der Waals surface area contributed by atoms with Crippen LogP contribution >= 0.6 is 0 Å². The Bertz CT molecular complexity index is 1370. The van der Waals surface area contributed by atoms with E-state index >= 15 is 0 Å². The van der Waals surface area contributed by atoms with Gasteiger partial charge in [-0.2, -0.15) is 5.26 Å². The van der Waals surface area contributed by atoms with E-state index in [4.69, 9.17) is 24.7 Å². The third kappa shape index (κ3) is 3.69. The van der Waals surface area contributed by atoms with Crippen molar-refractivity contribution < 1.29 is 18.9 Å². The minimum Gasteiger partial charge on any atom is -0.493 e. The molecule has 0 saturated heterocycles. The van der Waals surface area contributed by atoms with Gasteiger partial charge < -0.3 is 29.2 Å². The number of methoxy groups -OCH3 is 3. The van der Waals surface area contributed by atoms with Crippen molar-refractivity contribution in [2.75, 3.05) is 21.3 Å². The van der Waals surface area contributed by atoms with E-state index in [-0.39, 0.29) is 22.6 Å². The minimum atomic E-state index is -0.836. The number of ether oxygens (including phenoxy) is 4. The third-order valence-corrected chi connectivity index (χ3v) is 5.80. The van der Waals surface area contributed by atoms with E-state index < -0.39 is 5.92 Å². The van der Waals surface area contributed by atoms with Crippen LogP contribution in [0.25, 0.3) is 0 Å². The van der Waals surface area contributed by atoms with Gasteiger partial charge >= 0.3 is 0 Å². The van der Waals surface area contributed by atoms with E-state index in [9.17, 15) is 10.1 Å². The van der Waals surface area contributed by atoms with Crippen LogP contribution in [0.1, 0.15) is 28.3 Å². The van der Waals surface area contributed by atoms with E-state index in [0.29, 0.717) is 40.8 Å². The first kappa shape index (κ1) is 22.7. The number of hydrogen-bond donors (Lipinski definition) is 1. The number of rotatable bonds is 6. The number of aryl methyl sites for hydroxylation is 1. The summed E-state index contributed by atoms with van der Waals surface area (Å²) < 4.78 is 23.9. The van der Waals surface area contributed by atoms with Crippen molar-refractivity contribution in [2.24, 2.45) is 5.73 Å². The summed E-state index contributed by atoms with van der Waals surface area (Å²) in [6.45, 7) is 2.12. The monoisotopic (exact) mass is 460 g/mol. The summed E-state index contributed by atoms with van der Waals surface area (Å²) in [5.74, 6) is 0.512. The van der Waals surface area contributed by atoms with Gasteiger partial charge in [0.25, 0.3) is 5.56 Å². The largest absolute Gasteiger partial charge is 0.493 e. The molecule has 0 bridgehead atoms. The summed E-state index contributed by atoms with van der Waals surface area (Å²) in [5, 5.41) is 9.98. The number of hydrogen-bond acceptors (Lipinski definition) is 8. The average molecular weight is 460 g/mol. The van der Waals surface area contributed by atoms with Crippen LogP contribution in [-0.4, -0.2) is 30.9 Å². The molecule has 3 heterocycles. The number of nitrogens with two attached hydrogens (primary N) is 1. The highest BCUT2D eigenvalue weighted by Gasteiger charge is 2.37. The van der Waals surface area contributed by atoms with Crippen LogP contribution in [-0.2, 0) is 6.54 Å². The van der Waals surface area contributed by atoms with Crippen LogP contribution in [0, 0.1) is 18.3 Å². The first-order valence-electron chi connectivity index (χ1n) is 10.4. The predicted octanol–water partition coefficient (Wildman–Crippen LogP) is 2.84. The summed E-state index contributed by atoms with van der Waals surface area (Å²) in [5.41, 5.74) is 8.28. The van der Waals surface area contributed by atoms with Crippen molar-refractivity contribution in [3.05, 3.63) is 86.9 Å². The topological polar surface area (TPSA) is 122 Å². The number of aromatic nitrogens is 2. The molecular formula is C25H24N4O5. The van der Waals surface area contributed by atoms with Crippen LogP contribution in [0.4, 0.5) is 0 Å². The predicted molar refractivity (Wildman–Crippen MR) is 124 cm³/mol. The zero-order chi connectivity index (χ0) is 24.4. The van der Waals surface area contributed by atoms with Crippen molar-refractivity contribution in [1.82, 2.24) is 9.55 Å². The summed E-state index contributed by atoms with van der Waals surface area (Å²) >= 11 is 0. The summed E-state index contributed by atoms with van der Waals surface area (Å²) in [6.07, 6.45) is 3.38. The molecule has 9 nitrogen and oxygen atoms in total. The van der Waals surface area contributed by atoms with Crippen molar-refractivity contribution in [3.8, 4) is 29.1 Å². The van der Waals surface area contributed by atoms with Gasteiger partial charge in [0.05, 0.1) is 39.4 Å². The first-order chi connectivity index (χ1) is 16.4. The molecule has 2 aromatic heterocycles. The van der Waals surface area contributed by atoms with Crippen LogP contribution in [0.2, 0.25) is 0 Å². The number of nitrogens with zero attached hydrogens (tertiary/aromatic N) is 3. The lowest BCUT2D eigenvalue weighted by molar-refractivity contribution is 0.321. The van der Waals surface area contributed by atoms with Gasteiger partial charge in [0.2, 0.25) is 11.6 Å². The smallest absolute Gasteiger partial charge is 0.259 e. The number of allylic oxidation sites excluding steroid dienone is 1. The van der Waals surface area contributed by atoms with Gasteiger partial charge in [0.1, 0.15) is 17.4 Å². The SMILES string of the molecule is COc1ccc([C@H]2C(C#N)=C(N)Oc3cc(C)n(Cc4cccnc4)c(=O)c32)c(OC)c1OC. The fourth-order valence-corrected chi connectivity index (χ4v) is 4.22.